The molecule has 2 saturated heterocycles. The highest BCUT2D eigenvalue weighted by Gasteiger charge is 2.38. The minimum absolute atomic E-state index is 0.242. The Hall–Kier alpha value is -1.36. The van der Waals surface area contributed by atoms with Crippen LogP contribution in [0.3, 0.4) is 0 Å². The largest absolute Gasteiger partial charge is 0.338 e. The topological polar surface area (TPSA) is 41.4 Å². The third-order valence-corrected chi connectivity index (χ3v) is 4.74. The number of aromatic nitrogens is 2. The van der Waals surface area contributed by atoms with E-state index in [1.165, 1.54) is 19.3 Å². The van der Waals surface area contributed by atoms with Gasteiger partial charge in [-0.15, -0.1) is 0 Å². The van der Waals surface area contributed by atoms with Crippen LogP contribution >= 0.6 is 0 Å². The summed E-state index contributed by atoms with van der Waals surface area (Å²) >= 11 is 0. The first-order valence-corrected chi connectivity index (χ1v) is 7.74. The van der Waals surface area contributed by atoms with Crippen LogP contribution < -0.4 is 0 Å². The fourth-order valence-corrected chi connectivity index (χ4v) is 3.81. The van der Waals surface area contributed by atoms with Crippen molar-refractivity contribution in [1.82, 2.24) is 19.6 Å². The van der Waals surface area contributed by atoms with Gasteiger partial charge in [0.1, 0.15) is 0 Å². The summed E-state index contributed by atoms with van der Waals surface area (Å²) in [6.07, 6.45) is 8.66. The molecular formula is C15H24N4O. The highest BCUT2D eigenvalue weighted by atomic mass is 16.2. The molecule has 0 N–H and O–H groups in total. The van der Waals surface area contributed by atoms with Gasteiger partial charge >= 0.3 is 0 Å². The summed E-state index contributed by atoms with van der Waals surface area (Å²) in [6.45, 7) is 5.80. The van der Waals surface area contributed by atoms with E-state index >= 15 is 0 Å². The lowest BCUT2D eigenvalue weighted by atomic mass is 10.0. The molecule has 3 heterocycles. The number of hydrogen-bond acceptors (Lipinski definition) is 3. The maximum atomic E-state index is 11.8. The second-order valence-electron chi connectivity index (χ2n) is 5.94. The van der Waals surface area contributed by atoms with Crippen LogP contribution in [0.25, 0.3) is 0 Å². The highest BCUT2D eigenvalue weighted by Crippen LogP contribution is 2.29. The molecule has 0 radical (unpaired) electrons. The van der Waals surface area contributed by atoms with Crippen molar-refractivity contribution in [1.29, 1.82) is 0 Å². The maximum Gasteiger partial charge on any atom is 0.219 e. The van der Waals surface area contributed by atoms with Crippen molar-refractivity contribution in [2.24, 2.45) is 0 Å². The second kappa shape index (κ2) is 5.95. The molecule has 1 aromatic rings. The van der Waals surface area contributed by atoms with Gasteiger partial charge in [-0.3, -0.25) is 14.4 Å². The Morgan fingerprint density at radius 1 is 1.20 bits per heavy atom. The van der Waals surface area contributed by atoms with Crippen LogP contribution in [0.1, 0.15) is 32.6 Å². The minimum atomic E-state index is 0.242. The quantitative estimate of drug-likeness (QED) is 0.834. The van der Waals surface area contributed by atoms with Crippen LogP contribution in [0.2, 0.25) is 0 Å². The molecule has 2 atom stereocenters. The third kappa shape index (κ3) is 2.73. The van der Waals surface area contributed by atoms with Gasteiger partial charge in [0.15, 0.2) is 0 Å². The standard InChI is InChI=1S/C15H24N4O/c1-13(20)19-10-3-6-15(19)14-5-2-8-17(14)11-12-18-9-4-7-16-18/h4,7,9,14-15H,2-3,5-6,8,10-12H2,1H3/t14-,15+/m1/s1. The third-order valence-electron chi connectivity index (χ3n) is 4.74. The molecule has 0 unspecified atom stereocenters. The Balaban J connectivity index is 1.61. The summed E-state index contributed by atoms with van der Waals surface area (Å²) in [5, 5.41) is 4.27. The van der Waals surface area contributed by atoms with Crippen LogP contribution in [-0.4, -0.2) is 57.2 Å². The van der Waals surface area contributed by atoms with Crippen LogP contribution in [0.5, 0.6) is 0 Å². The first kappa shape index (κ1) is 13.6. The van der Waals surface area contributed by atoms with E-state index in [-0.39, 0.29) is 5.91 Å². The average Bonchev–Trinajstić information content (AvgIpc) is 3.16. The lowest BCUT2D eigenvalue weighted by Gasteiger charge is -2.34. The summed E-state index contributed by atoms with van der Waals surface area (Å²) < 4.78 is 1.99. The fourth-order valence-electron chi connectivity index (χ4n) is 3.81. The second-order valence-corrected chi connectivity index (χ2v) is 5.94. The average molecular weight is 276 g/mol. The Kier molecular flexibility index (Phi) is 4.05. The van der Waals surface area contributed by atoms with Crippen molar-refractivity contribution >= 4 is 5.91 Å². The molecule has 0 spiro atoms. The lowest BCUT2D eigenvalue weighted by molar-refractivity contribution is -0.130. The molecule has 2 aliphatic heterocycles. The summed E-state index contributed by atoms with van der Waals surface area (Å²) in [5.41, 5.74) is 0. The minimum Gasteiger partial charge on any atom is -0.338 e. The highest BCUT2D eigenvalue weighted by molar-refractivity contribution is 5.74. The molecule has 2 aliphatic rings. The van der Waals surface area contributed by atoms with Crippen molar-refractivity contribution in [3.8, 4) is 0 Å². The maximum absolute atomic E-state index is 11.8. The number of hydrogen-bond donors (Lipinski definition) is 0. The molecule has 0 aliphatic carbocycles. The predicted octanol–water partition coefficient (Wildman–Crippen LogP) is 1.36. The van der Waals surface area contributed by atoms with E-state index in [1.54, 1.807) is 6.92 Å². The number of carbonyl (C=O) groups excluding carboxylic acids is 1. The first-order chi connectivity index (χ1) is 9.75. The van der Waals surface area contributed by atoms with E-state index in [1.807, 2.05) is 23.1 Å². The van der Waals surface area contributed by atoms with E-state index in [2.05, 4.69) is 14.9 Å². The number of likely N-dealkylation sites (tertiary alicyclic amines) is 2. The van der Waals surface area contributed by atoms with Crippen molar-refractivity contribution in [2.75, 3.05) is 19.6 Å². The molecule has 5 heteroatoms. The monoisotopic (exact) mass is 276 g/mol. The van der Waals surface area contributed by atoms with Gasteiger partial charge in [-0.2, -0.15) is 5.10 Å². The zero-order valence-electron chi connectivity index (χ0n) is 12.2. The Morgan fingerprint density at radius 2 is 2.00 bits per heavy atom. The Bertz CT molecular complexity index is 445. The van der Waals surface area contributed by atoms with E-state index in [0.717, 1.165) is 32.6 Å². The van der Waals surface area contributed by atoms with Crippen LogP contribution in [0.15, 0.2) is 18.5 Å². The molecule has 110 valence electrons. The van der Waals surface area contributed by atoms with Gasteiger partial charge < -0.3 is 4.90 Å². The van der Waals surface area contributed by atoms with Crippen molar-refractivity contribution in [3.05, 3.63) is 18.5 Å². The van der Waals surface area contributed by atoms with E-state index < -0.39 is 0 Å². The molecule has 0 saturated carbocycles. The van der Waals surface area contributed by atoms with Crippen molar-refractivity contribution in [3.63, 3.8) is 0 Å². The van der Waals surface area contributed by atoms with Gasteiger partial charge in [-0.25, -0.2) is 0 Å². The molecule has 5 nitrogen and oxygen atoms in total. The SMILES string of the molecule is CC(=O)N1CCC[C@H]1[C@H]1CCCN1CCn1cccn1. The zero-order chi connectivity index (χ0) is 13.9. The fraction of sp³-hybridized carbons (Fsp3) is 0.733. The summed E-state index contributed by atoms with van der Waals surface area (Å²) in [4.78, 5) is 16.4. The number of rotatable bonds is 4. The molecule has 1 amide bonds. The molecule has 0 aromatic carbocycles. The van der Waals surface area contributed by atoms with Crippen molar-refractivity contribution in [2.45, 2.75) is 51.2 Å². The number of nitrogens with zero attached hydrogens (tertiary/aromatic N) is 4. The number of amides is 1. The summed E-state index contributed by atoms with van der Waals surface area (Å²) in [7, 11) is 0. The normalized spacial score (nSPS) is 27.4. The lowest BCUT2D eigenvalue weighted by Crippen LogP contribution is -2.48. The number of carbonyl (C=O) groups is 1. The zero-order valence-corrected chi connectivity index (χ0v) is 12.2. The van der Waals surface area contributed by atoms with Crippen molar-refractivity contribution < 1.29 is 4.79 Å². The smallest absolute Gasteiger partial charge is 0.219 e. The van der Waals surface area contributed by atoms with E-state index in [4.69, 9.17) is 0 Å². The molecule has 1 aromatic heterocycles. The molecule has 3 rings (SSSR count). The van der Waals surface area contributed by atoms with Crippen LogP contribution in [-0.2, 0) is 11.3 Å². The molecular weight excluding hydrogens is 252 g/mol. The molecule has 2 fully saturated rings. The first-order valence-electron chi connectivity index (χ1n) is 7.74. The Morgan fingerprint density at radius 3 is 2.75 bits per heavy atom. The molecule has 0 bridgehead atoms. The van der Waals surface area contributed by atoms with Gasteiger partial charge in [-0.05, 0) is 38.3 Å². The Labute approximate surface area is 120 Å². The molecule has 20 heavy (non-hydrogen) atoms. The predicted molar refractivity (Wildman–Crippen MR) is 77.2 cm³/mol. The van der Waals surface area contributed by atoms with Gasteiger partial charge in [0, 0.05) is 44.5 Å². The van der Waals surface area contributed by atoms with Gasteiger partial charge in [0.2, 0.25) is 5.91 Å². The summed E-state index contributed by atoms with van der Waals surface area (Å²) in [6, 6.07) is 2.96. The van der Waals surface area contributed by atoms with E-state index in [9.17, 15) is 4.79 Å². The van der Waals surface area contributed by atoms with Crippen LogP contribution in [0, 0.1) is 0 Å². The van der Waals surface area contributed by atoms with Gasteiger partial charge in [-0.1, -0.05) is 0 Å². The van der Waals surface area contributed by atoms with Crippen LogP contribution in [0.4, 0.5) is 0 Å². The summed E-state index contributed by atoms with van der Waals surface area (Å²) in [5.74, 6) is 0.242. The van der Waals surface area contributed by atoms with Gasteiger partial charge in [0.25, 0.3) is 0 Å². The van der Waals surface area contributed by atoms with Gasteiger partial charge in [0.05, 0.1) is 6.54 Å². The van der Waals surface area contributed by atoms with E-state index in [0.29, 0.717) is 12.1 Å².